The predicted molar refractivity (Wildman–Crippen MR) is 90.0 cm³/mol. The SMILES string of the molecule is CCCC1=C(Cc2ccc(C(F)(F)F)cn2)C(=O)c2ccccc2C1=O. The van der Waals surface area contributed by atoms with Crippen LogP contribution in [-0.4, -0.2) is 16.6 Å². The first kappa shape index (κ1) is 18.0. The molecule has 0 amide bonds. The smallest absolute Gasteiger partial charge is 0.289 e. The molecule has 0 unspecified atom stereocenters. The molecule has 134 valence electrons. The van der Waals surface area contributed by atoms with Gasteiger partial charge in [-0.05, 0) is 18.6 Å². The van der Waals surface area contributed by atoms with Crippen molar-refractivity contribution in [1.82, 2.24) is 4.98 Å². The van der Waals surface area contributed by atoms with E-state index in [1.165, 1.54) is 6.07 Å². The van der Waals surface area contributed by atoms with E-state index in [0.29, 0.717) is 40.8 Å². The fourth-order valence-corrected chi connectivity index (χ4v) is 3.06. The highest BCUT2D eigenvalue weighted by atomic mass is 19.4. The first-order valence-electron chi connectivity index (χ1n) is 8.25. The molecule has 0 spiro atoms. The minimum Gasteiger partial charge on any atom is -0.289 e. The van der Waals surface area contributed by atoms with Gasteiger partial charge in [-0.25, -0.2) is 0 Å². The number of fused-ring (bicyclic) bond motifs is 1. The Hall–Kier alpha value is -2.76. The summed E-state index contributed by atoms with van der Waals surface area (Å²) in [5.41, 5.74) is 0.938. The highest BCUT2D eigenvalue weighted by Crippen LogP contribution is 2.32. The maximum Gasteiger partial charge on any atom is 0.417 e. The average Bonchev–Trinajstić information content (AvgIpc) is 2.62. The molecule has 0 saturated heterocycles. The Labute approximate surface area is 148 Å². The second-order valence-corrected chi connectivity index (χ2v) is 6.12. The van der Waals surface area contributed by atoms with Crippen molar-refractivity contribution >= 4 is 11.6 Å². The summed E-state index contributed by atoms with van der Waals surface area (Å²) >= 11 is 0. The summed E-state index contributed by atoms with van der Waals surface area (Å²) in [5, 5.41) is 0. The average molecular weight is 359 g/mol. The van der Waals surface area contributed by atoms with Crippen LogP contribution in [0.3, 0.4) is 0 Å². The summed E-state index contributed by atoms with van der Waals surface area (Å²) in [6, 6.07) is 8.79. The highest BCUT2D eigenvalue weighted by Gasteiger charge is 2.33. The van der Waals surface area contributed by atoms with Crippen molar-refractivity contribution in [2.75, 3.05) is 0 Å². The number of ketones is 2. The Balaban J connectivity index is 1.99. The van der Waals surface area contributed by atoms with E-state index in [4.69, 9.17) is 0 Å². The van der Waals surface area contributed by atoms with Crippen LogP contribution in [0.15, 0.2) is 53.7 Å². The van der Waals surface area contributed by atoms with Gasteiger partial charge in [-0.1, -0.05) is 37.6 Å². The molecule has 1 aromatic heterocycles. The van der Waals surface area contributed by atoms with Gasteiger partial charge in [0.2, 0.25) is 0 Å². The van der Waals surface area contributed by atoms with E-state index in [9.17, 15) is 22.8 Å². The van der Waals surface area contributed by atoms with Gasteiger partial charge in [0.1, 0.15) is 0 Å². The summed E-state index contributed by atoms with van der Waals surface area (Å²) in [6.07, 6.45) is -2.56. The molecule has 2 aromatic rings. The van der Waals surface area contributed by atoms with Crippen LogP contribution in [0, 0.1) is 0 Å². The summed E-state index contributed by atoms with van der Waals surface area (Å²) in [5.74, 6) is -0.450. The Morgan fingerprint density at radius 3 is 2.04 bits per heavy atom. The molecule has 1 aliphatic carbocycles. The first-order valence-corrected chi connectivity index (χ1v) is 8.25. The molecule has 0 atom stereocenters. The van der Waals surface area contributed by atoms with E-state index in [0.717, 1.165) is 12.3 Å². The Morgan fingerprint density at radius 1 is 0.923 bits per heavy atom. The third-order valence-electron chi connectivity index (χ3n) is 4.34. The van der Waals surface area contributed by atoms with Gasteiger partial charge < -0.3 is 0 Å². The van der Waals surface area contributed by atoms with Crippen LogP contribution in [0.5, 0.6) is 0 Å². The zero-order valence-electron chi connectivity index (χ0n) is 14.1. The van der Waals surface area contributed by atoms with Crippen LogP contribution >= 0.6 is 0 Å². The number of carbonyl (C=O) groups is 2. The normalized spacial score (nSPS) is 14.6. The quantitative estimate of drug-likeness (QED) is 0.786. The fraction of sp³-hybridized carbons (Fsp3) is 0.250. The molecular formula is C20H16F3NO2. The second kappa shape index (κ2) is 6.86. The van der Waals surface area contributed by atoms with Crippen molar-refractivity contribution in [2.24, 2.45) is 0 Å². The number of benzene rings is 1. The topological polar surface area (TPSA) is 47.0 Å². The van der Waals surface area contributed by atoms with Gasteiger partial charge in [-0.2, -0.15) is 13.2 Å². The van der Waals surface area contributed by atoms with Crippen LogP contribution in [-0.2, 0) is 12.6 Å². The third-order valence-corrected chi connectivity index (χ3v) is 4.34. The number of nitrogens with zero attached hydrogens (tertiary/aromatic N) is 1. The van der Waals surface area contributed by atoms with Crippen molar-refractivity contribution < 1.29 is 22.8 Å². The lowest BCUT2D eigenvalue weighted by molar-refractivity contribution is -0.137. The second-order valence-electron chi connectivity index (χ2n) is 6.12. The van der Waals surface area contributed by atoms with E-state index in [2.05, 4.69) is 4.98 Å². The lowest BCUT2D eigenvalue weighted by Crippen LogP contribution is -2.23. The lowest BCUT2D eigenvalue weighted by Gasteiger charge is -2.21. The van der Waals surface area contributed by atoms with Crippen LogP contribution < -0.4 is 0 Å². The van der Waals surface area contributed by atoms with Gasteiger partial charge >= 0.3 is 6.18 Å². The van der Waals surface area contributed by atoms with E-state index >= 15 is 0 Å². The number of hydrogen-bond acceptors (Lipinski definition) is 3. The summed E-state index contributed by atoms with van der Waals surface area (Å²) < 4.78 is 38.0. The molecule has 1 aliphatic rings. The van der Waals surface area contributed by atoms with Crippen molar-refractivity contribution in [3.8, 4) is 0 Å². The molecule has 0 saturated carbocycles. The molecule has 3 rings (SSSR count). The maximum absolute atomic E-state index is 12.9. The molecule has 26 heavy (non-hydrogen) atoms. The Kier molecular flexibility index (Phi) is 4.76. The standard InChI is InChI=1S/C20H16F3NO2/c1-2-5-14-17(10-13-9-8-12(11-24-13)20(21,22)23)19(26)16-7-4-3-6-15(16)18(14)25/h3-4,6-9,11H,2,5,10H2,1H3. The molecule has 1 aromatic carbocycles. The van der Waals surface area contributed by atoms with E-state index < -0.39 is 11.7 Å². The Morgan fingerprint density at radius 2 is 1.54 bits per heavy atom. The largest absolute Gasteiger partial charge is 0.417 e. The third kappa shape index (κ3) is 3.31. The maximum atomic E-state index is 12.9. The predicted octanol–water partition coefficient (Wildman–Crippen LogP) is 4.82. The molecule has 3 nitrogen and oxygen atoms in total. The molecule has 0 bridgehead atoms. The number of aromatic nitrogens is 1. The number of carbonyl (C=O) groups excluding carboxylic acids is 2. The lowest BCUT2D eigenvalue weighted by atomic mass is 9.80. The molecule has 0 fully saturated rings. The zero-order valence-corrected chi connectivity index (χ0v) is 14.1. The van der Waals surface area contributed by atoms with E-state index in [-0.39, 0.29) is 18.0 Å². The van der Waals surface area contributed by atoms with Crippen LogP contribution in [0.2, 0.25) is 0 Å². The van der Waals surface area contributed by atoms with Crippen molar-refractivity contribution in [3.05, 3.63) is 76.1 Å². The highest BCUT2D eigenvalue weighted by molar-refractivity contribution is 6.27. The number of alkyl halides is 3. The van der Waals surface area contributed by atoms with Gasteiger partial charge in [0.15, 0.2) is 11.6 Å². The number of pyridine rings is 1. The molecule has 6 heteroatoms. The van der Waals surface area contributed by atoms with Crippen molar-refractivity contribution in [2.45, 2.75) is 32.4 Å². The molecular weight excluding hydrogens is 343 g/mol. The number of halogens is 3. The number of hydrogen-bond donors (Lipinski definition) is 0. The summed E-state index contributed by atoms with van der Waals surface area (Å²) in [6.45, 7) is 1.90. The fourth-order valence-electron chi connectivity index (χ4n) is 3.06. The molecule has 0 radical (unpaired) electrons. The minimum atomic E-state index is -4.46. The molecule has 0 N–H and O–H groups in total. The van der Waals surface area contributed by atoms with Crippen molar-refractivity contribution in [3.63, 3.8) is 0 Å². The van der Waals surface area contributed by atoms with Gasteiger partial charge in [0.25, 0.3) is 0 Å². The first-order chi connectivity index (χ1) is 12.3. The minimum absolute atomic E-state index is 0.0341. The van der Waals surface area contributed by atoms with E-state index in [1.54, 1.807) is 24.3 Å². The number of Topliss-reactive ketones (excluding diaryl/α,β-unsaturated/α-hetero) is 2. The number of rotatable bonds is 4. The van der Waals surface area contributed by atoms with Crippen LogP contribution in [0.4, 0.5) is 13.2 Å². The van der Waals surface area contributed by atoms with Gasteiger partial charge in [0, 0.05) is 40.6 Å². The number of allylic oxidation sites excluding steroid dienone is 2. The van der Waals surface area contributed by atoms with Crippen LogP contribution in [0.25, 0.3) is 0 Å². The summed E-state index contributed by atoms with van der Waals surface area (Å²) in [7, 11) is 0. The van der Waals surface area contributed by atoms with Crippen molar-refractivity contribution in [1.29, 1.82) is 0 Å². The molecule has 0 aliphatic heterocycles. The molecule has 1 heterocycles. The zero-order chi connectivity index (χ0) is 18.9. The van der Waals surface area contributed by atoms with Gasteiger partial charge in [0.05, 0.1) is 5.56 Å². The summed E-state index contributed by atoms with van der Waals surface area (Å²) in [4.78, 5) is 29.5. The van der Waals surface area contributed by atoms with Gasteiger partial charge in [-0.15, -0.1) is 0 Å². The van der Waals surface area contributed by atoms with Crippen LogP contribution in [0.1, 0.15) is 51.7 Å². The monoisotopic (exact) mass is 359 g/mol. The van der Waals surface area contributed by atoms with Gasteiger partial charge in [-0.3, -0.25) is 14.6 Å². The van der Waals surface area contributed by atoms with E-state index in [1.807, 2.05) is 6.92 Å². The Bertz CT molecular complexity index is 896.